The summed E-state index contributed by atoms with van der Waals surface area (Å²) in [4.78, 5) is 14.0. The average molecular weight is 470 g/mol. The molecule has 1 fully saturated rings. The van der Waals surface area contributed by atoms with Gasteiger partial charge in [0.2, 0.25) is 10.0 Å². The maximum absolute atomic E-state index is 12.7. The molecule has 2 aromatic rings. The topological polar surface area (TPSA) is 78.5 Å². The highest BCUT2D eigenvalue weighted by molar-refractivity contribution is 7.89. The smallest absolute Gasteiger partial charge is 0.343 e. The summed E-state index contributed by atoms with van der Waals surface area (Å²) >= 11 is 0. The predicted octanol–water partition coefficient (Wildman–Crippen LogP) is 3.23. The van der Waals surface area contributed by atoms with Gasteiger partial charge < -0.3 is 5.32 Å². The van der Waals surface area contributed by atoms with E-state index in [9.17, 15) is 26.4 Å². The molecule has 0 bridgehead atoms. The van der Waals surface area contributed by atoms with Gasteiger partial charge in [0.05, 0.1) is 4.90 Å². The molecule has 1 saturated heterocycles. The summed E-state index contributed by atoms with van der Waals surface area (Å²) in [5.74, 6) is -0.916. The van der Waals surface area contributed by atoms with Crippen LogP contribution < -0.4 is 10.0 Å². The van der Waals surface area contributed by atoms with Crippen LogP contribution in [0.4, 0.5) is 13.2 Å². The first-order valence-electron chi connectivity index (χ1n) is 10.3. The molecule has 2 aromatic carbocycles. The number of hydrogen-bond donors (Lipinski definition) is 2. The molecule has 174 valence electrons. The number of aryl methyl sites for hydroxylation is 1. The van der Waals surface area contributed by atoms with Crippen LogP contribution in [0.25, 0.3) is 0 Å². The second kappa shape index (κ2) is 10.0. The van der Waals surface area contributed by atoms with Gasteiger partial charge in [0.1, 0.15) is 6.54 Å². The Morgan fingerprint density at radius 2 is 1.69 bits per heavy atom. The van der Waals surface area contributed by atoms with Gasteiger partial charge in [-0.2, -0.15) is 13.2 Å². The van der Waals surface area contributed by atoms with E-state index < -0.39 is 28.7 Å². The van der Waals surface area contributed by atoms with E-state index in [-0.39, 0.29) is 16.5 Å². The molecule has 0 radical (unpaired) electrons. The molecule has 1 heterocycles. The molecule has 1 aliphatic rings. The van der Waals surface area contributed by atoms with Crippen LogP contribution in [-0.4, -0.2) is 51.1 Å². The lowest BCUT2D eigenvalue weighted by Gasteiger charge is -2.32. The fourth-order valence-electron chi connectivity index (χ4n) is 3.59. The van der Waals surface area contributed by atoms with Gasteiger partial charge in [0.25, 0.3) is 5.91 Å². The standard InChI is InChI=1S/C22H26F3N3O3S/c1-16-4-2-3-5-18(16)14-28-12-10-19(11-13-28)27-32(30,31)20-8-6-17(7-9-20)21(29)26-15-22(23,24)25/h2-9,19,27H,10-15H2,1H3,(H,26,29). The Morgan fingerprint density at radius 3 is 2.28 bits per heavy atom. The Bertz CT molecular complexity index is 1030. The fourth-order valence-corrected chi connectivity index (χ4v) is 4.90. The van der Waals surface area contributed by atoms with Crippen molar-refractivity contribution in [3.05, 3.63) is 65.2 Å². The van der Waals surface area contributed by atoms with Crippen molar-refractivity contribution in [2.75, 3.05) is 19.6 Å². The van der Waals surface area contributed by atoms with Crippen molar-refractivity contribution in [3.63, 3.8) is 0 Å². The van der Waals surface area contributed by atoms with Gasteiger partial charge in [0, 0.05) is 31.2 Å². The average Bonchev–Trinajstić information content (AvgIpc) is 2.74. The summed E-state index contributed by atoms with van der Waals surface area (Å²) in [6.07, 6.45) is -3.18. The predicted molar refractivity (Wildman–Crippen MR) is 115 cm³/mol. The van der Waals surface area contributed by atoms with Crippen molar-refractivity contribution >= 4 is 15.9 Å². The van der Waals surface area contributed by atoms with Crippen LogP contribution in [-0.2, 0) is 16.6 Å². The second-order valence-electron chi connectivity index (χ2n) is 7.92. The van der Waals surface area contributed by atoms with Gasteiger partial charge in [-0.1, -0.05) is 24.3 Å². The van der Waals surface area contributed by atoms with Crippen molar-refractivity contribution in [1.82, 2.24) is 14.9 Å². The third kappa shape index (κ3) is 6.78. The molecule has 2 N–H and O–H groups in total. The molecule has 0 aliphatic carbocycles. The summed E-state index contributed by atoms with van der Waals surface area (Å²) < 4.78 is 64.7. The number of piperidine rings is 1. The molecule has 6 nitrogen and oxygen atoms in total. The maximum atomic E-state index is 12.7. The number of nitrogens with one attached hydrogen (secondary N) is 2. The minimum Gasteiger partial charge on any atom is -0.343 e. The normalized spacial score (nSPS) is 16.1. The highest BCUT2D eigenvalue weighted by Crippen LogP contribution is 2.19. The molecule has 0 aromatic heterocycles. The number of alkyl halides is 3. The van der Waals surface area contributed by atoms with Crippen LogP contribution in [0, 0.1) is 6.92 Å². The SMILES string of the molecule is Cc1ccccc1CN1CCC(NS(=O)(=O)c2ccc(C(=O)NCC(F)(F)F)cc2)CC1. The number of sulfonamides is 1. The van der Waals surface area contributed by atoms with Crippen LogP contribution in [0.1, 0.15) is 34.3 Å². The first kappa shape index (κ1) is 24.2. The number of carbonyl (C=O) groups excluding carboxylic acids is 1. The maximum Gasteiger partial charge on any atom is 0.405 e. The number of benzene rings is 2. The Kier molecular flexibility index (Phi) is 7.58. The Morgan fingerprint density at radius 1 is 1.06 bits per heavy atom. The quantitative estimate of drug-likeness (QED) is 0.653. The second-order valence-corrected chi connectivity index (χ2v) is 9.63. The van der Waals surface area contributed by atoms with Crippen LogP contribution in [0.5, 0.6) is 0 Å². The lowest BCUT2D eigenvalue weighted by molar-refractivity contribution is -0.123. The Labute approximate surface area is 185 Å². The Balaban J connectivity index is 1.53. The van der Waals surface area contributed by atoms with Crippen molar-refractivity contribution in [2.24, 2.45) is 0 Å². The van der Waals surface area contributed by atoms with Crippen LogP contribution in [0.2, 0.25) is 0 Å². The highest BCUT2D eigenvalue weighted by Gasteiger charge is 2.28. The van der Waals surface area contributed by atoms with E-state index in [1.54, 1.807) is 5.32 Å². The van der Waals surface area contributed by atoms with Gasteiger partial charge in [0.15, 0.2) is 0 Å². The minimum atomic E-state index is -4.52. The molecule has 0 saturated carbocycles. The Hall–Kier alpha value is -2.43. The third-order valence-electron chi connectivity index (χ3n) is 5.44. The van der Waals surface area contributed by atoms with Gasteiger partial charge >= 0.3 is 6.18 Å². The summed E-state index contributed by atoms with van der Waals surface area (Å²) in [5, 5.41) is 1.75. The van der Waals surface area contributed by atoms with E-state index in [2.05, 4.69) is 28.7 Å². The van der Waals surface area contributed by atoms with E-state index >= 15 is 0 Å². The van der Waals surface area contributed by atoms with E-state index in [1.807, 2.05) is 12.1 Å². The number of carbonyl (C=O) groups is 1. The molecule has 3 rings (SSSR count). The van der Waals surface area contributed by atoms with Crippen molar-refractivity contribution in [3.8, 4) is 0 Å². The van der Waals surface area contributed by atoms with Gasteiger partial charge in [-0.05, 0) is 55.2 Å². The van der Waals surface area contributed by atoms with Gasteiger partial charge in [-0.25, -0.2) is 13.1 Å². The van der Waals surface area contributed by atoms with Crippen molar-refractivity contribution in [1.29, 1.82) is 0 Å². The van der Waals surface area contributed by atoms with Crippen molar-refractivity contribution < 1.29 is 26.4 Å². The number of hydrogen-bond acceptors (Lipinski definition) is 4. The molecular formula is C22H26F3N3O3S. The molecule has 32 heavy (non-hydrogen) atoms. The number of rotatable bonds is 7. The zero-order chi connectivity index (χ0) is 23.4. The van der Waals surface area contributed by atoms with Gasteiger partial charge in [-0.15, -0.1) is 0 Å². The lowest BCUT2D eigenvalue weighted by Crippen LogP contribution is -2.44. The zero-order valence-corrected chi connectivity index (χ0v) is 18.5. The molecule has 0 unspecified atom stereocenters. The van der Waals surface area contributed by atoms with Crippen LogP contribution >= 0.6 is 0 Å². The summed E-state index contributed by atoms with van der Waals surface area (Å²) in [7, 11) is -3.80. The van der Waals surface area contributed by atoms with E-state index in [0.717, 1.165) is 19.6 Å². The van der Waals surface area contributed by atoms with Crippen LogP contribution in [0.3, 0.4) is 0 Å². The zero-order valence-electron chi connectivity index (χ0n) is 17.7. The van der Waals surface area contributed by atoms with E-state index in [4.69, 9.17) is 0 Å². The summed E-state index contributed by atoms with van der Waals surface area (Å²) in [6, 6.07) is 12.8. The third-order valence-corrected chi connectivity index (χ3v) is 6.98. The number of nitrogens with zero attached hydrogens (tertiary/aromatic N) is 1. The summed E-state index contributed by atoms with van der Waals surface area (Å²) in [6.45, 7) is 2.97. The molecule has 1 aliphatic heterocycles. The van der Waals surface area contributed by atoms with Crippen molar-refractivity contribution in [2.45, 2.75) is 43.4 Å². The monoisotopic (exact) mass is 469 g/mol. The largest absolute Gasteiger partial charge is 0.405 e. The number of amides is 1. The first-order valence-corrected chi connectivity index (χ1v) is 11.8. The first-order chi connectivity index (χ1) is 15.0. The molecule has 1 amide bonds. The molecule has 10 heteroatoms. The molecule has 0 spiro atoms. The number of likely N-dealkylation sites (tertiary alicyclic amines) is 1. The van der Waals surface area contributed by atoms with E-state index in [0.29, 0.717) is 12.8 Å². The highest BCUT2D eigenvalue weighted by atomic mass is 32.2. The molecular weight excluding hydrogens is 443 g/mol. The lowest BCUT2D eigenvalue weighted by atomic mass is 10.0. The minimum absolute atomic E-state index is 0.0350. The fraction of sp³-hybridized carbons (Fsp3) is 0.409. The van der Waals surface area contributed by atoms with Gasteiger partial charge in [-0.3, -0.25) is 9.69 Å². The number of halogens is 3. The summed E-state index contributed by atoms with van der Waals surface area (Å²) in [5.41, 5.74) is 2.44. The van der Waals surface area contributed by atoms with E-state index in [1.165, 1.54) is 35.4 Å². The van der Waals surface area contributed by atoms with Crippen LogP contribution in [0.15, 0.2) is 53.4 Å². The molecule has 0 atom stereocenters.